The Morgan fingerprint density at radius 1 is 0.743 bits per heavy atom. The van der Waals surface area contributed by atoms with Crippen molar-refractivity contribution in [2.75, 3.05) is 52.3 Å². The molecule has 4 bridgehead atoms. The molecule has 1 N–H and O–H groups in total. The standard InChI is InChI=1S/C20H19BO3P.C7H13N3/c22-25(20-14-8-3-9-15-20)16-23-21(24-17-25,18-10-4-1-5-11-18)19-12-6-2-7-13-19;1-7-2-9-4-8(1)5-10(3-7)6-9/h1-15H,16-17H2;7H,1-6H2/q-1;/p+1. The predicted molar refractivity (Wildman–Crippen MR) is 141 cm³/mol. The number of benzene rings is 3. The van der Waals surface area contributed by atoms with E-state index in [4.69, 9.17) is 9.31 Å². The molecule has 8 rings (SSSR count). The van der Waals surface area contributed by atoms with Crippen molar-refractivity contribution in [3.05, 3.63) is 91.0 Å². The summed E-state index contributed by atoms with van der Waals surface area (Å²) >= 11 is 0. The van der Waals surface area contributed by atoms with Crippen molar-refractivity contribution < 1.29 is 18.8 Å². The predicted octanol–water partition coefficient (Wildman–Crippen LogP) is 0.898. The highest BCUT2D eigenvalue weighted by atomic mass is 31.2. The van der Waals surface area contributed by atoms with E-state index in [-0.39, 0.29) is 12.7 Å². The number of rotatable bonds is 3. The maximum absolute atomic E-state index is 13.3. The van der Waals surface area contributed by atoms with Gasteiger partial charge in [-0.15, -0.1) is 10.9 Å². The van der Waals surface area contributed by atoms with E-state index in [1.54, 1.807) is 4.90 Å². The largest absolute Gasteiger partial charge is 0.555 e. The molecule has 5 saturated heterocycles. The van der Waals surface area contributed by atoms with E-state index in [1.807, 2.05) is 91.0 Å². The summed E-state index contributed by atoms with van der Waals surface area (Å²) in [6.07, 6.45) is 0.363. The van der Waals surface area contributed by atoms with Gasteiger partial charge in [0.2, 0.25) is 0 Å². The normalized spacial score (nSPS) is 29.7. The summed E-state index contributed by atoms with van der Waals surface area (Å²) in [5.74, 6) is 0.992. The first kappa shape index (κ1) is 23.2. The van der Waals surface area contributed by atoms with E-state index in [0.717, 1.165) is 22.1 Å². The fourth-order valence-corrected chi connectivity index (χ4v) is 8.13. The van der Waals surface area contributed by atoms with Gasteiger partial charge in [-0.3, -0.25) is 0 Å². The third-order valence-electron chi connectivity index (χ3n) is 7.64. The average molecular weight is 489 g/mol. The second kappa shape index (κ2) is 9.66. The van der Waals surface area contributed by atoms with Gasteiger partial charge in [0.05, 0.1) is 25.9 Å². The van der Waals surface area contributed by atoms with Crippen molar-refractivity contribution in [3.8, 4) is 0 Å². The van der Waals surface area contributed by atoms with Gasteiger partial charge in [0.25, 0.3) is 6.55 Å². The monoisotopic (exact) mass is 489 g/mol. The van der Waals surface area contributed by atoms with Gasteiger partial charge in [0.15, 0.2) is 7.14 Å². The molecule has 5 aliphatic rings. The molecule has 0 radical (unpaired) electrons. The van der Waals surface area contributed by atoms with Crippen LogP contribution in [0, 0.1) is 5.92 Å². The zero-order chi connectivity index (χ0) is 23.7. The van der Waals surface area contributed by atoms with Gasteiger partial charge >= 0.3 is 0 Å². The van der Waals surface area contributed by atoms with Crippen LogP contribution in [0.3, 0.4) is 0 Å². The number of hydrogen-bond donors (Lipinski definition) is 1. The van der Waals surface area contributed by atoms with Crippen LogP contribution in [0.1, 0.15) is 0 Å². The molecular formula is C27H33BN3O3P. The molecular weight excluding hydrogens is 456 g/mol. The van der Waals surface area contributed by atoms with Crippen LogP contribution in [0.2, 0.25) is 0 Å². The minimum absolute atomic E-state index is 0.181. The Labute approximate surface area is 207 Å². The molecule has 5 heterocycles. The van der Waals surface area contributed by atoms with E-state index in [0.29, 0.717) is 0 Å². The highest BCUT2D eigenvalue weighted by Gasteiger charge is 2.42. The molecule has 2 atom stereocenters. The summed E-state index contributed by atoms with van der Waals surface area (Å²) < 4.78 is 25.9. The van der Waals surface area contributed by atoms with E-state index in [2.05, 4.69) is 9.80 Å². The molecule has 0 spiro atoms. The fraction of sp³-hybridized carbons (Fsp3) is 0.333. The van der Waals surface area contributed by atoms with E-state index in [1.165, 1.54) is 39.6 Å². The number of quaternary nitrogens is 1. The molecule has 8 heteroatoms. The average Bonchev–Trinajstić information content (AvgIpc) is 2.91. The molecule has 6 nitrogen and oxygen atoms in total. The minimum atomic E-state index is -2.72. The first-order valence-electron chi connectivity index (χ1n) is 12.6. The van der Waals surface area contributed by atoms with Gasteiger partial charge < -0.3 is 18.8 Å². The number of hydrogen-bond acceptors (Lipinski definition) is 5. The van der Waals surface area contributed by atoms with Crippen LogP contribution < -0.4 is 21.1 Å². The first-order chi connectivity index (χ1) is 17.1. The van der Waals surface area contributed by atoms with E-state index < -0.39 is 13.7 Å². The van der Waals surface area contributed by atoms with Crippen molar-refractivity contribution in [2.45, 2.75) is 0 Å². The van der Waals surface area contributed by atoms with Crippen LogP contribution in [-0.2, 0) is 13.9 Å². The molecule has 35 heavy (non-hydrogen) atoms. The Balaban J connectivity index is 0.000000187. The van der Waals surface area contributed by atoms with Crippen molar-refractivity contribution in [3.63, 3.8) is 0 Å². The van der Waals surface area contributed by atoms with Crippen LogP contribution >= 0.6 is 7.14 Å². The summed E-state index contributed by atoms with van der Waals surface area (Å²) in [5.41, 5.74) is 1.93. The molecule has 3 aromatic carbocycles. The molecule has 3 aromatic rings. The van der Waals surface area contributed by atoms with Crippen LogP contribution in [0.25, 0.3) is 0 Å². The highest BCUT2D eigenvalue weighted by molar-refractivity contribution is 7.71. The molecule has 5 aliphatic heterocycles. The van der Waals surface area contributed by atoms with Crippen LogP contribution in [0.15, 0.2) is 91.0 Å². The van der Waals surface area contributed by atoms with E-state index >= 15 is 0 Å². The second-order valence-corrected chi connectivity index (χ2v) is 13.1. The zero-order valence-corrected chi connectivity index (χ0v) is 20.9. The third-order valence-corrected chi connectivity index (χ3v) is 10.0. The minimum Gasteiger partial charge on any atom is -0.555 e. The lowest BCUT2D eigenvalue weighted by molar-refractivity contribution is -0.947. The Morgan fingerprint density at radius 3 is 1.69 bits per heavy atom. The fourth-order valence-electron chi connectivity index (χ4n) is 6.14. The second-order valence-electron chi connectivity index (χ2n) is 10.3. The van der Waals surface area contributed by atoms with E-state index in [9.17, 15) is 4.57 Å². The molecule has 2 unspecified atom stereocenters. The Bertz CT molecular complexity index is 1070. The third kappa shape index (κ3) is 4.65. The molecule has 0 amide bonds. The van der Waals surface area contributed by atoms with Crippen molar-refractivity contribution in [1.82, 2.24) is 9.80 Å². The lowest BCUT2D eigenvalue weighted by Gasteiger charge is -2.51. The molecule has 0 saturated carbocycles. The maximum Gasteiger partial charge on any atom is 0.299 e. The molecule has 5 fully saturated rings. The van der Waals surface area contributed by atoms with Gasteiger partial charge in [-0.05, 0) is 0 Å². The zero-order valence-electron chi connectivity index (χ0n) is 20.0. The van der Waals surface area contributed by atoms with Gasteiger partial charge in [-0.1, -0.05) is 91.0 Å². The smallest absolute Gasteiger partial charge is 0.299 e. The first-order valence-corrected chi connectivity index (χ1v) is 14.7. The van der Waals surface area contributed by atoms with Gasteiger partial charge in [-0.2, -0.15) is 0 Å². The summed E-state index contributed by atoms with van der Waals surface area (Å²) in [4.78, 5) is 6.95. The molecule has 0 aliphatic carbocycles. The van der Waals surface area contributed by atoms with Crippen molar-refractivity contribution >= 4 is 29.9 Å². The quantitative estimate of drug-likeness (QED) is 0.438. The summed E-state index contributed by atoms with van der Waals surface area (Å²) in [5, 5.41) is 0.806. The van der Waals surface area contributed by atoms with Crippen LogP contribution in [0.5, 0.6) is 0 Å². The highest BCUT2D eigenvalue weighted by Crippen LogP contribution is 2.48. The van der Waals surface area contributed by atoms with Crippen molar-refractivity contribution in [2.24, 2.45) is 5.92 Å². The SMILES string of the molecule is C1C2CN3CN1C[NH+](C2)C3.O=P1(c2ccccc2)CO[B-](c2ccccc2)(c2ccccc2)OC1. The number of nitrogens with one attached hydrogen (secondary N) is 1. The maximum atomic E-state index is 13.3. The lowest BCUT2D eigenvalue weighted by Crippen LogP contribution is -3.20. The number of nitrogens with zero attached hydrogens (tertiary/aromatic N) is 2. The Hall–Kier alpha value is -2.25. The van der Waals surface area contributed by atoms with Gasteiger partial charge in [0.1, 0.15) is 13.3 Å². The Kier molecular flexibility index (Phi) is 6.40. The topological polar surface area (TPSA) is 46.5 Å². The molecule has 182 valence electrons. The van der Waals surface area contributed by atoms with Crippen molar-refractivity contribution in [1.29, 1.82) is 0 Å². The van der Waals surface area contributed by atoms with Crippen LogP contribution in [0.4, 0.5) is 0 Å². The summed E-state index contributed by atoms with van der Waals surface area (Å²) in [6, 6.07) is 29.3. The Morgan fingerprint density at radius 2 is 1.23 bits per heavy atom. The lowest BCUT2D eigenvalue weighted by atomic mass is 9.46. The summed E-state index contributed by atoms with van der Waals surface area (Å²) in [7, 11) is -2.72. The van der Waals surface area contributed by atoms with Crippen LogP contribution in [-0.4, -0.2) is 68.7 Å². The molecule has 0 aromatic heterocycles. The summed E-state index contributed by atoms with van der Waals surface area (Å²) in [6.45, 7) is 6.23. The van der Waals surface area contributed by atoms with Gasteiger partial charge in [0, 0.05) is 24.3 Å². The van der Waals surface area contributed by atoms with Gasteiger partial charge in [-0.25, -0.2) is 9.80 Å².